The fourth-order valence-corrected chi connectivity index (χ4v) is 6.98. The summed E-state index contributed by atoms with van der Waals surface area (Å²) in [6.07, 6.45) is 0.0984. The lowest BCUT2D eigenvalue weighted by molar-refractivity contribution is -0.138. The summed E-state index contributed by atoms with van der Waals surface area (Å²) < 4.78 is 17.4. The molecule has 3 heterocycles. The SMILES string of the molecule is CC(C)CC(CC(=O)O)c1c(OC(=O)[C@H]2NCCC2(c2ccc(Cl)cc2)c2c(O)c3ccccc3oc2=O)c2ccccc2oc1=O. The van der Waals surface area contributed by atoms with Crippen LogP contribution in [0.2, 0.25) is 5.02 Å². The van der Waals surface area contributed by atoms with E-state index in [1.807, 2.05) is 13.8 Å². The highest BCUT2D eigenvalue weighted by Crippen LogP contribution is 2.47. The molecule has 1 saturated heterocycles. The molecule has 0 bridgehead atoms. The Hall–Kier alpha value is -4.93. The number of nitrogens with one attached hydrogen (secondary N) is 1. The van der Waals surface area contributed by atoms with Gasteiger partial charge < -0.3 is 29.1 Å². The van der Waals surface area contributed by atoms with Crippen molar-refractivity contribution in [1.82, 2.24) is 5.32 Å². The van der Waals surface area contributed by atoms with Crippen molar-refractivity contribution < 1.29 is 33.4 Å². The van der Waals surface area contributed by atoms with Crippen LogP contribution in [0.5, 0.6) is 11.5 Å². The summed E-state index contributed by atoms with van der Waals surface area (Å²) in [7, 11) is 0. The first-order chi connectivity index (χ1) is 22.5. The van der Waals surface area contributed by atoms with E-state index in [0.29, 0.717) is 22.4 Å². The third kappa shape index (κ3) is 5.79. The number of para-hydroxylation sites is 2. The number of carboxylic acid groups (broad SMARTS) is 1. The molecule has 0 aliphatic carbocycles. The number of rotatable bonds is 9. The molecule has 2 unspecified atom stereocenters. The quantitative estimate of drug-likeness (QED) is 0.125. The predicted molar refractivity (Wildman–Crippen MR) is 175 cm³/mol. The van der Waals surface area contributed by atoms with E-state index in [1.165, 1.54) is 0 Å². The van der Waals surface area contributed by atoms with Gasteiger partial charge in [-0.1, -0.05) is 61.8 Å². The van der Waals surface area contributed by atoms with Gasteiger partial charge in [0.25, 0.3) is 0 Å². The number of carboxylic acids is 1. The van der Waals surface area contributed by atoms with Crippen molar-refractivity contribution in [3.8, 4) is 11.5 Å². The maximum absolute atomic E-state index is 14.5. The van der Waals surface area contributed by atoms with Crippen LogP contribution in [0.15, 0.2) is 91.2 Å². The van der Waals surface area contributed by atoms with E-state index < -0.39 is 47.0 Å². The molecule has 0 radical (unpaired) electrons. The zero-order valence-corrected chi connectivity index (χ0v) is 26.4. The van der Waals surface area contributed by atoms with Crippen LogP contribution in [-0.4, -0.2) is 34.7 Å². The number of ether oxygens (including phenoxy) is 1. The van der Waals surface area contributed by atoms with Crippen molar-refractivity contribution in [2.45, 2.75) is 50.5 Å². The zero-order valence-electron chi connectivity index (χ0n) is 25.6. The molecule has 11 heteroatoms. The van der Waals surface area contributed by atoms with Crippen molar-refractivity contribution in [1.29, 1.82) is 0 Å². The summed E-state index contributed by atoms with van der Waals surface area (Å²) in [5.74, 6) is -3.26. The van der Waals surface area contributed by atoms with Crippen LogP contribution in [0.4, 0.5) is 0 Å². The number of carbonyl (C=O) groups is 2. The topological polar surface area (TPSA) is 156 Å². The van der Waals surface area contributed by atoms with Gasteiger partial charge in [-0.25, -0.2) is 14.4 Å². The molecule has 5 aromatic rings. The van der Waals surface area contributed by atoms with Crippen molar-refractivity contribution in [3.05, 3.63) is 115 Å². The molecule has 2 aromatic heterocycles. The molecule has 1 fully saturated rings. The number of halogens is 1. The summed E-state index contributed by atoms with van der Waals surface area (Å²) in [6.45, 7) is 4.04. The van der Waals surface area contributed by atoms with Gasteiger partial charge in [-0.2, -0.15) is 0 Å². The number of hydrogen-bond donors (Lipinski definition) is 3. The van der Waals surface area contributed by atoms with Crippen molar-refractivity contribution >= 4 is 45.5 Å². The molecule has 1 aliphatic heterocycles. The van der Waals surface area contributed by atoms with Crippen molar-refractivity contribution in [2.24, 2.45) is 5.92 Å². The lowest BCUT2D eigenvalue weighted by atomic mass is 9.69. The maximum atomic E-state index is 14.5. The second-order valence-corrected chi connectivity index (χ2v) is 12.6. The number of fused-ring (bicyclic) bond motifs is 2. The molecule has 242 valence electrons. The molecule has 3 N–H and O–H groups in total. The van der Waals surface area contributed by atoms with E-state index in [1.54, 1.807) is 72.8 Å². The van der Waals surface area contributed by atoms with E-state index in [9.17, 15) is 29.4 Å². The van der Waals surface area contributed by atoms with Crippen LogP contribution < -0.4 is 21.3 Å². The summed E-state index contributed by atoms with van der Waals surface area (Å²) in [4.78, 5) is 53.7. The Labute approximate surface area is 273 Å². The van der Waals surface area contributed by atoms with Crippen molar-refractivity contribution in [3.63, 3.8) is 0 Å². The highest BCUT2D eigenvalue weighted by Gasteiger charge is 2.54. The van der Waals surface area contributed by atoms with E-state index in [0.717, 1.165) is 0 Å². The van der Waals surface area contributed by atoms with Crippen LogP contribution in [0.25, 0.3) is 21.9 Å². The fourth-order valence-electron chi connectivity index (χ4n) is 6.86. The summed E-state index contributed by atoms with van der Waals surface area (Å²) in [5, 5.41) is 25.6. The van der Waals surface area contributed by atoms with Gasteiger partial charge in [-0.15, -0.1) is 0 Å². The first-order valence-electron chi connectivity index (χ1n) is 15.2. The standard InChI is InChI=1S/C36H32ClNO9/c1-19(2)17-20(18-27(39)40)28-31(24-8-4-6-10-26(24)45-33(28)42)47-35(44)32-36(15-16-38-32,21-11-13-22(37)14-12-21)29-30(41)23-7-3-5-9-25(23)46-34(29)43/h3-14,19-20,32,38,41H,15-18H2,1-2H3,(H,39,40)/t20?,32-,36?/m1/s1. The highest BCUT2D eigenvalue weighted by molar-refractivity contribution is 6.30. The number of aromatic hydroxyl groups is 1. The van der Waals surface area contributed by atoms with Gasteiger partial charge in [0.15, 0.2) is 5.75 Å². The molecular formula is C36H32ClNO9. The van der Waals surface area contributed by atoms with Gasteiger partial charge >= 0.3 is 23.2 Å². The Balaban J connectivity index is 1.56. The number of benzene rings is 3. The van der Waals surface area contributed by atoms with Crippen LogP contribution in [0, 0.1) is 5.92 Å². The van der Waals surface area contributed by atoms with Gasteiger partial charge in [-0.3, -0.25) is 4.79 Å². The van der Waals surface area contributed by atoms with Gasteiger partial charge in [0, 0.05) is 10.9 Å². The Kier molecular flexibility index (Phi) is 8.65. The molecule has 0 spiro atoms. The minimum Gasteiger partial charge on any atom is -0.507 e. The van der Waals surface area contributed by atoms with Gasteiger partial charge in [0.05, 0.1) is 33.7 Å². The fraction of sp³-hybridized carbons (Fsp3) is 0.278. The molecule has 3 atom stereocenters. The summed E-state index contributed by atoms with van der Waals surface area (Å²) in [6, 6.07) is 18.4. The normalized spacial score (nSPS) is 18.5. The average molecular weight is 658 g/mol. The zero-order chi connectivity index (χ0) is 33.5. The molecule has 10 nitrogen and oxygen atoms in total. The monoisotopic (exact) mass is 657 g/mol. The molecule has 0 amide bonds. The Morgan fingerprint density at radius 3 is 2.23 bits per heavy atom. The smallest absolute Gasteiger partial charge is 0.344 e. The minimum absolute atomic E-state index is 0.00192. The molecule has 6 rings (SSSR count). The van der Waals surface area contributed by atoms with Crippen LogP contribution >= 0.6 is 11.6 Å². The Bertz CT molecular complexity index is 2120. The van der Waals surface area contributed by atoms with E-state index in [2.05, 4.69) is 5.32 Å². The summed E-state index contributed by atoms with van der Waals surface area (Å²) >= 11 is 6.23. The second-order valence-electron chi connectivity index (χ2n) is 12.2. The second kappa shape index (κ2) is 12.7. The van der Waals surface area contributed by atoms with Crippen molar-refractivity contribution in [2.75, 3.05) is 6.54 Å². The molecule has 0 saturated carbocycles. The average Bonchev–Trinajstić information content (AvgIpc) is 3.46. The third-order valence-corrected chi connectivity index (χ3v) is 9.03. The van der Waals surface area contributed by atoms with E-state index in [4.69, 9.17) is 25.2 Å². The van der Waals surface area contributed by atoms with Gasteiger partial charge in [-0.05, 0) is 67.3 Å². The number of carbonyl (C=O) groups excluding carboxylic acids is 1. The first-order valence-corrected chi connectivity index (χ1v) is 15.6. The summed E-state index contributed by atoms with van der Waals surface area (Å²) in [5.41, 5.74) is -2.51. The van der Waals surface area contributed by atoms with E-state index >= 15 is 0 Å². The molecule has 1 aliphatic rings. The lowest BCUT2D eigenvalue weighted by Gasteiger charge is -2.34. The minimum atomic E-state index is -1.50. The van der Waals surface area contributed by atoms with Crippen LogP contribution in [0.1, 0.15) is 55.7 Å². The Morgan fingerprint density at radius 1 is 0.957 bits per heavy atom. The number of esters is 1. The van der Waals surface area contributed by atoms with Crippen LogP contribution in [0.3, 0.4) is 0 Å². The van der Waals surface area contributed by atoms with Crippen LogP contribution in [-0.2, 0) is 15.0 Å². The molecule has 3 aromatic carbocycles. The first kappa shape index (κ1) is 32.0. The largest absolute Gasteiger partial charge is 0.507 e. The van der Waals surface area contributed by atoms with Gasteiger partial charge in [0.1, 0.15) is 23.0 Å². The van der Waals surface area contributed by atoms with E-state index in [-0.39, 0.29) is 58.1 Å². The third-order valence-electron chi connectivity index (χ3n) is 8.77. The predicted octanol–water partition coefficient (Wildman–Crippen LogP) is 6.12. The maximum Gasteiger partial charge on any atom is 0.344 e. The molecule has 47 heavy (non-hydrogen) atoms. The Morgan fingerprint density at radius 2 is 1.57 bits per heavy atom. The lowest BCUT2D eigenvalue weighted by Crippen LogP contribution is -2.50. The number of aliphatic carboxylic acids is 1. The number of hydrogen-bond acceptors (Lipinski definition) is 9. The van der Waals surface area contributed by atoms with Gasteiger partial charge in [0.2, 0.25) is 0 Å². The molecular weight excluding hydrogens is 626 g/mol. The highest BCUT2D eigenvalue weighted by atomic mass is 35.5.